The number of benzene rings is 2. The number of amides is 1. The van der Waals surface area contributed by atoms with Crippen LogP contribution in [0, 0.1) is 20.8 Å². The van der Waals surface area contributed by atoms with Gasteiger partial charge in [0.2, 0.25) is 6.41 Å². The molecule has 0 aliphatic carbocycles. The molecule has 1 N–H and O–H groups in total. The van der Waals surface area contributed by atoms with Crippen LogP contribution in [0.1, 0.15) is 29.2 Å². The molecule has 0 spiro atoms. The topological polar surface area (TPSA) is 38.3 Å². The number of anilines is 1. The Morgan fingerprint density at radius 2 is 1.83 bits per heavy atom. The molecule has 0 saturated heterocycles. The summed E-state index contributed by atoms with van der Waals surface area (Å²) in [6.45, 7) is 8.55. The number of carbonyl (C=O) groups is 1. The summed E-state index contributed by atoms with van der Waals surface area (Å²) in [5, 5.41) is 2.76. The van der Waals surface area contributed by atoms with Crippen molar-refractivity contribution in [3.8, 4) is 5.75 Å². The summed E-state index contributed by atoms with van der Waals surface area (Å²) in [6.07, 6.45) is 2.82. The van der Waals surface area contributed by atoms with Gasteiger partial charge in [0.15, 0.2) is 0 Å². The van der Waals surface area contributed by atoms with Crippen LogP contribution in [0.25, 0.3) is 6.08 Å². The quantitative estimate of drug-likeness (QED) is 0.671. The highest BCUT2D eigenvalue weighted by Gasteiger charge is 2.11. The van der Waals surface area contributed by atoms with Crippen molar-refractivity contribution in [2.24, 2.45) is 0 Å². The summed E-state index contributed by atoms with van der Waals surface area (Å²) < 4.78 is 7.06. The second-order valence-corrected chi connectivity index (χ2v) is 6.83. The lowest BCUT2D eigenvalue weighted by molar-refractivity contribution is -0.105. The molecule has 0 radical (unpaired) electrons. The third-order valence-electron chi connectivity index (χ3n) is 3.99. The fourth-order valence-electron chi connectivity index (χ4n) is 2.55. The zero-order chi connectivity index (χ0) is 17.7. The van der Waals surface area contributed by atoms with Crippen molar-refractivity contribution in [2.75, 3.05) is 11.9 Å². The van der Waals surface area contributed by atoms with Crippen molar-refractivity contribution in [1.29, 1.82) is 0 Å². The molecule has 0 heterocycles. The molecule has 0 atom stereocenters. The van der Waals surface area contributed by atoms with Crippen molar-refractivity contribution in [3.05, 3.63) is 62.6 Å². The summed E-state index contributed by atoms with van der Waals surface area (Å²) in [5.41, 5.74) is 6.22. The number of ether oxygens (including phenoxy) is 1. The smallest absolute Gasteiger partial charge is 0.211 e. The molecule has 0 aliphatic rings. The number of halogens is 1. The van der Waals surface area contributed by atoms with Gasteiger partial charge in [-0.05, 0) is 73.7 Å². The van der Waals surface area contributed by atoms with Crippen LogP contribution in [-0.4, -0.2) is 13.0 Å². The molecule has 3 nitrogen and oxygen atoms in total. The fraction of sp³-hybridized carbons (Fsp3) is 0.250. The normalized spacial score (nSPS) is 11.3. The zero-order valence-corrected chi connectivity index (χ0v) is 16.0. The lowest BCUT2D eigenvalue weighted by atomic mass is 10.0. The molecule has 0 saturated carbocycles. The maximum atomic E-state index is 10.7. The molecule has 0 unspecified atom stereocenters. The number of hydrogen-bond donors (Lipinski definition) is 1. The monoisotopic (exact) mass is 387 g/mol. The second kappa shape index (κ2) is 8.15. The first-order valence-electron chi connectivity index (χ1n) is 7.79. The highest BCUT2D eigenvalue weighted by molar-refractivity contribution is 9.10. The first kappa shape index (κ1) is 18.3. The van der Waals surface area contributed by atoms with Gasteiger partial charge < -0.3 is 10.1 Å². The molecule has 0 aromatic heterocycles. The van der Waals surface area contributed by atoms with Gasteiger partial charge >= 0.3 is 0 Å². The molecule has 1 amide bonds. The Hall–Kier alpha value is -2.07. The van der Waals surface area contributed by atoms with Crippen molar-refractivity contribution in [2.45, 2.75) is 27.7 Å². The van der Waals surface area contributed by atoms with Crippen molar-refractivity contribution >= 4 is 34.1 Å². The van der Waals surface area contributed by atoms with Gasteiger partial charge in [-0.1, -0.05) is 34.1 Å². The van der Waals surface area contributed by atoms with E-state index in [0.29, 0.717) is 13.0 Å². The van der Waals surface area contributed by atoms with E-state index < -0.39 is 0 Å². The standard InChI is InChI=1S/C20H22BrNO2/c1-13(9-17-5-7-18(21)8-6-17)11-24-19-10-14(2)20(22-12-23)16(4)15(19)3/h5-10,12H,11H2,1-4H3,(H,22,23)/b13-9+. The molecular formula is C20H22BrNO2. The van der Waals surface area contributed by atoms with Gasteiger partial charge in [0.25, 0.3) is 0 Å². The molecule has 0 fully saturated rings. The van der Waals surface area contributed by atoms with Gasteiger partial charge in [0.05, 0.1) is 0 Å². The summed E-state index contributed by atoms with van der Waals surface area (Å²) in [7, 11) is 0. The highest BCUT2D eigenvalue weighted by atomic mass is 79.9. The van der Waals surface area contributed by atoms with E-state index in [2.05, 4.69) is 46.4 Å². The van der Waals surface area contributed by atoms with E-state index in [1.807, 2.05) is 39.0 Å². The Bertz CT molecular complexity index is 764. The Labute approximate surface area is 151 Å². The van der Waals surface area contributed by atoms with Crippen molar-refractivity contribution < 1.29 is 9.53 Å². The third-order valence-corrected chi connectivity index (χ3v) is 4.52. The number of hydrogen-bond acceptors (Lipinski definition) is 2. The van der Waals surface area contributed by atoms with Gasteiger partial charge in [-0.3, -0.25) is 4.79 Å². The Balaban J connectivity index is 2.14. The van der Waals surface area contributed by atoms with Crippen LogP contribution in [0.3, 0.4) is 0 Å². The maximum absolute atomic E-state index is 10.7. The summed E-state index contributed by atoms with van der Waals surface area (Å²) >= 11 is 3.44. The summed E-state index contributed by atoms with van der Waals surface area (Å²) in [6, 6.07) is 10.1. The molecule has 24 heavy (non-hydrogen) atoms. The van der Waals surface area contributed by atoms with Gasteiger partial charge in [-0.25, -0.2) is 0 Å². The van der Waals surface area contributed by atoms with Crippen LogP contribution in [0.15, 0.2) is 40.4 Å². The minimum atomic E-state index is 0.524. The molecule has 2 aromatic carbocycles. The van der Waals surface area contributed by atoms with E-state index in [1.165, 1.54) is 0 Å². The Morgan fingerprint density at radius 3 is 2.46 bits per heavy atom. The molecule has 2 rings (SSSR count). The Morgan fingerprint density at radius 1 is 1.17 bits per heavy atom. The summed E-state index contributed by atoms with van der Waals surface area (Å²) in [5.74, 6) is 0.852. The first-order chi connectivity index (χ1) is 11.4. The Kier molecular flexibility index (Phi) is 6.21. The number of aryl methyl sites for hydroxylation is 1. The SMILES string of the molecule is C/C(=C\c1ccc(Br)cc1)COc1cc(C)c(NC=O)c(C)c1C. The van der Waals surface area contributed by atoms with Crippen LogP contribution in [-0.2, 0) is 4.79 Å². The van der Waals surface area contributed by atoms with Crippen LogP contribution < -0.4 is 10.1 Å². The molecule has 126 valence electrons. The minimum absolute atomic E-state index is 0.524. The maximum Gasteiger partial charge on any atom is 0.211 e. The molecule has 2 aromatic rings. The van der Waals surface area contributed by atoms with E-state index in [1.54, 1.807) is 0 Å². The molecule has 0 bridgehead atoms. The van der Waals surface area contributed by atoms with Crippen LogP contribution >= 0.6 is 15.9 Å². The number of rotatable bonds is 6. The summed E-state index contributed by atoms with van der Waals surface area (Å²) in [4.78, 5) is 10.7. The lowest BCUT2D eigenvalue weighted by Gasteiger charge is -2.16. The van der Waals surface area contributed by atoms with E-state index in [-0.39, 0.29) is 0 Å². The van der Waals surface area contributed by atoms with E-state index in [9.17, 15) is 4.79 Å². The second-order valence-electron chi connectivity index (χ2n) is 5.91. The van der Waals surface area contributed by atoms with Gasteiger partial charge in [-0.2, -0.15) is 0 Å². The van der Waals surface area contributed by atoms with E-state index in [0.717, 1.165) is 43.7 Å². The van der Waals surface area contributed by atoms with Crippen LogP contribution in [0.5, 0.6) is 5.75 Å². The average molecular weight is 388 g/mol. The predicted molar refractivity (Wildman–Crippen MR) is 104 cm³/mol. The number of nitrogens with one attached hydrogen (secondary N) is 1. The highest BCUT2D eigenvalue weighted by Crippen LogP contribution is 2.31. The first-order valence-corrected chi connectivity index (χ1v) is 8.58. The minimum Gasteiger partial charge on any atom is -0.489 e. The third kappa shape index (κ3) is 4.48. The van der Waals surface area contributed by atoms with Crippen LogP contribution in [0.2, 0.25) is 0 Å². The lowest BCUT2D eigenvalue weighted by Crippen LogP contribution is -2.05. The van der Waals surface area contributed by atoms with Gasteiger partial charge in [-0.15, -0.1) is 0 Å². The van der Waals surface area contributed by atoms with Crippen molar-refractivity contribution in [1.82, 2.24) is 0 Å². The largest absolute Gasteiger partial charge is 0.489 e. The van der Waals surface area contributed by atoms with Crippen LogP contribution in [0.4, 0.5) is 5.69 Å². The van der Waals surface area contributed by atoms with E-state index >= 15 is 0 Å². The zero-order valence-electron chi connectivity index (χ0n) is 14.4. The fourth-order valence-corrected chi connectivity index (χ4v) is 2.82. The van der Waals surface area contributed by atoms with Gasteiger partial charge in [0, 0.05) is 10.2 Å². The van der Waals surface area contributed by atoms with E-state index in [4.69, 9.17) is 4.74 Å². The van der Waals surface area contributed by atoms with Gasteiger partial charge in [0.1, 0.15) is 12.4 Å². The molecule has 4 heteroatoms. The molecular weight excluding hydrogens is 366 g/mol. The number of carbonyl (C=O) groups excluding carboxylic acids is 1. The predicted octanol–water partition coefficient (Wildman–Crippen LogP) is 5.42. The molecule has 0 aliphatic heterocycles. The van der Waals surface area contributed by atoms with Crippen molar-refractivity contribution in [3.63, 3.8) is 0 Å². The average Bonchev–Trinajstić information content (AvgIpc) is 2.56.